The van der Waals surface area contributed by atoms with E-state index >= 15 is 0 Å². The molecule has 1 aliphatic rings. The van der Waals surface area contributed by atoms with E-state index in [0.29, 0.717) is 0 Å². The standard InChI is InChI=1S/C18H26N2O.ClH/c1-20(2)18(13-7-4-8-14-18)15-19-17(21)12-11-16-9-5-3-6-10-16;/h3,5-6,9-12H,4,7-8,13-15H2,1-2H3,(H,19,21);1H. The summed E-state index contributed by atoms with van der Waals surface area (Å²) in [5, 5.41) is 3.08. The molecule has 1 saturated carbocycles. The fourth-order valence-electron chi connectivity index (χ4n) is 3.04. The Morgan fingerprint density at radius 2 is 1.82 bits per heavy atom. The van der Waals surface area contributed by atoms with Crippen LogP contribution in [-0.4, -0.2) is 37.0 Å². The zero-order valence-corrected chi connectivity index (χ0v) is 14.4. The van der Waals surface area contributed by atoms with E-state index in [-0.39, 0.29) is 23.9 Å². The second-order valence-electron chi connectivity index (χ2n) is 6.14. The third-order valence-electron chi connectivity index (χ3n) is 4.55. The number of hydrogen-bond acceptors (Lipinski definition) is 2. The minimum absolute atomic E-state index is 0. The van der Waals surface area contributed by atoms with Crippen LogP contribution >= 0.6 is 12.4 Å². The molecular weight excluding hydrogens is 296 g/mol. The number of carbonyl (C=O) groups excluding carboxylic acids is 1. The lowest BCUT2D eigenvalue weighted by molar-refractivity contribution is -0.117. The summed E-state index contributed by atoms with van der Waals surface area (Å²) in [6, 6.07) is 9.90. The molecule has 1 aliphatic carbocycles. The smallest absolute Gasteiger partial charge is 0.244 e. The SMILES string of the molecule is CN(C)C1(CNC(=O)C=Cc2ccccc2)CCCCC1.Cl. The Morgan fingerprint density at radius 3 is 2.41 bits per heavy atom. The van der Waals surface area contributed by atoms with Crippen molar-refractivity contribution in [1.29, 1.82) is 0 Å². The summed E-state index contributed by atoms with van der Waals surface area (Å²) in [4.78, 5) is 14.3. The third-order valence-corrected chi connectivity index (χ3v) is 4.55. The first kappa shape index (κ1) is 18.7. The van der Waals surface area contributed by atoms with Gasteiger partial charge in [0.05, 0.1) is 0 Å². The second kappa shape index (κ2) is 8.96. The number of nitrogens with one attached hydrogen (secondary N) is 1. The molecule has 0 spiro atoms. The molecule has 0 atom stereocenters. The van der Waals surface area contributed by atoms with Gasteiger partial charge < -0.3 is 10.2 Å². The summed E-state index contributed by atoms with van der Waals surface area (Å²) in [5.74, 6) is -0.00866. The lowest BCUT2D eigenvalue weighted by atomic mass is 9.80. The zero-order valence-electron chi connectivity index (χ0n) is 13.5. The molecule has 3 nitrogen and oxygen atoms in total. The Balaban J connectivity index is 0.00000242. The summed E-state index contributed by atoms with van der Waals surface area (Å²) < 4.78 is 0. The Hall–Kier alpha value is -1.32. The first-order chi connectivity index (χ1) is 10.1. The average Bonchev–Trinajstić information content (AvgIpc) is 2.52. The summed E-state index contributed by atoms with van der Waals surface area (Å²) in [7, 11) is 4.24. The molecule has 1 fully saturated rings. The largest absolute Gasteiger partial charge is 0.351 e. The van der Waals surface area contributed by atoms with Gasteiger partial charge in [-0.15, -0.1) is 12.4 Å². The fraction of sp³-hybridized carbons (Fsp3) is 0.500. The number of rotatable bonds is 5. The molecule has 1 aromatic carbocycles. The highest BCUT2D eigenvalue weighted by atomic mass is 35.5. The van der Waals surface area contributed by atoms with Crippen LogP contribution in [0.5, 0.6) is 0 Å². The van der Waals surface area contributed by atoms with Gasteiger partial charge in [0.15, 0.2) is 0 Å². The number of amides is 1. The summed E-state index contributed by atoms with van der Waals surface area (Å²) in [6.07, 6.45) is 9.66. The first-order valence-electron chi connectivity index (χ1n) is 7.81. The van der Waals surface area contributed by atoms with Gasteiger partial charge in [-0.05, 0) is 38.6 Å². The Labute approximate surface area is 140 Å². The van der Waals surface area contributed by atoms with Crippen molar-refractivity contribution in [2.75, 3.05) is 20.6 Å². The van der Waals surface area contributed by atoms with Crippen molar-refractivity contribution in [3.63, 3.8) is 0 Å². The second-order valence-corrected chi connectivity index (χ2v) is 6.14. The normalized spacial score (nSPS) is 17.2. The minimum atomic E-state index is -0.00866. The highest BCUT2D eigenvalue weighted by Crippen LogP contribution is 2.31. The van der Waals surface area contributed by atoms with Crippen molar-refractivity contribution >= 4 is 24.4 Å². The van der Waals surface area contributed by atoms with Gasteiger partial charge in [0.1, 0.15) is 0 Å². The van der Waals surface area contributed by atoms with Crippen LogP contribution in [0.2, 0.25) is 0 Å². The minimum Gasteiger partial charge on any atom is -0.351 e. The molecule has 0 saturated heterocycles. The predicted octanol–water partition coefficient (Wildman–Crippen LogP) is 3.50. The van der Waals surface area contributed by atoms with Gasteiger partial charge in [-0.25, -0.2) is 0 Å². The predicted molar refractivity (Wildman–Crippen MR) is 95.2 cm³/mol. The van der Waals surface area contributed by atoms with Gasteiger partial charge in [0, 0.05) is 18.2 Å². The van der Waals surface area contributed by atoms with Crippen molar-refractivity contribution in [2.45, 2.75) is 37.6 Å². The zero-order chi connectivity index (χ0) is 15.1. The third kappa shape index (κ3) is 5.15. The monoisotopic (exact) mass is 322 g/mol. The van der Waals surface area contributed by atoms with E-state index in [1.807, 2.05) is 36.4 Å². The van der Waals surface area contributed by atoms with Crippen LogP contribution in [0.25, 0.3) is 6.08 Å². The van der Waals surface area contributed by atoms with Gasteiger partial charge in [-0.2, -0.15) is 0 Å². The molecule has 0 radical (unpaired) electrons. The highest BCUT2D eigenvalue weighted by Gasteiger charge is 2.34. The van der Waals surface area contributed by atoms with Crippen molar-refractivity contribution in [3.8, 4) is 0 Å². The van der Waals surface area contributed by atoms with E-state index in [4.69, 9.17) is 0 Å². The van der Waals surface area contributed by atoms with E-state index < -0.39 is 0 Å². The van der Waals surface area contributed by atoms with Gasteiger partial charge in [0.2, 0.25) is 5.91 Å². The average molecular weight is 323 g/mol. The number of hydrogen-bond donors (Lipinski definition) is 1. The van der Waals surface area contributed by atoms with Gasteiger partial charge in [-0.1, -0.05) is 49.6 Å². The molecular formula is C18H27ClN2O. The summed E-state index contributed by atoms with van der Waals surface area (Å²) in [6.45, 7) is 0.734. The molecule has 1 amide bonds. The lowest BCUT2D eigenvalue weighted by Crippen LogP contribution is -2.53. The summed E-state index contributed by atoms with van der Waals surface area (Å²) in [5.41, 5.74) is 1.18. The van der Waals surface area contributed by atoms with Crippen LogP contribution in [0.15, 0.2) is 36.4 Å². The molecule has 4 heteroatoms. The molecule has 122 valence electrons. The molecule has 0 aromatic heterocycles. The van der Waals surface area contributed by atoms with E-state index in [0.717, 1.165) is 12.1 Å². The van der Waals surface area contributed by atoms with Crippen molar-refractivity contribution in [1.82, 2.24) is 10.2 Å². The van der Waals surface area contributed by atoms with Gasteiger partial charge in [-0.3, -0.25) is 4.79 Å². The molecule has 0 heterocycles. The Kier molecular flexibility index (Phi) is 7.63. The quantitative estimate of drug-likeness (QED) is 0.841. The number of nitrogens with zero attached hydrogens (tertiary/aromatic N) is 1. The van der Waals surface area contributed by atoms with Gasteiger partial charge in [0.25, 0.3) is 0 Å². The van der Waals surface area contributed by atoms with Crippen LogP contribution in [0, 0.1) is 0 Å². The Morgan fingerprint density at radius 1 is 1.18 bits per heavy atom. The van der Waals surface area contributed by atoms with E-state index in [2.05, 4.69) is 24.3 Å². The van der Waals surface area contributed by atoms with Crippen LogP contribution < -0.4 is 5.32 Å². The molecule has 0 bridgehead atoms. The van der Waals surface area contributed by atoms with Crippen LogP contribution in [-0.2, 0) is 4.79 Å². The van der Waals surface area contributed by atoms with Crippen LogP contribution in [0.3, 0.4) is 0 Å². The fourth-order valence-corrected chi connectivity index (χ4v) is 3.04. The van der Waals surface area contributed by atoms with Gasteiger partial charge >= 0.3 is 0 Å². The van der Waals surface area contributed by atoms with Crippen molar-refractivity contribution in [3.05, 3.63) is 42.0 Å². The van der Waals surface area contributed by atoms with E-state index in [1.165, 1.54) is 32.1 Å². The number of likely N-dealkylation sites (N-methyl/N-ethyl adjacent to an activating group) is 1. The molecule has 1 N–H and O–H groups in total. The summed E-state index contributed by atoms with van der Waals surface area (Å²) >= 11 is 0. The van der Waals surface area contributed by atoms with Crippen molar-refractivity contribution < 1.29 is 4.79 Å². The topological polar surface area (TPSA) is 32.3 Å². The van der Waals surface area contributed by atoms with E-state index in [9.17, 15) is 4.79 Å². The molecule has 0 unspecified atom stereocenters. The van der Waals surface area contributed by atoms with Crippen LogP contribution in [0.1, 0.15) is 37.7 Å². The van der Waals surface area contributed by atoms with Crippen LogP contribution in [0.4, 0.5) is 0 Å². The number of benzene rings is 1. The molecule has 22 heavy (non-hydrogen) atoms. The molecule has 2 rings (SSSR count). The number of halogens is 1. The maximum absolute atomic E-state index is 12.0. The lowest BCUT2D eigenvalue weighted by Gasteiger charge is -2.43. The number of carbonyl (C=O) groups is 1. The first-order valence-corrected chi connectivity index (χ1v) is 7.81. The maximum Gasteiger partial charge on any atom is 0.244 e. The Bertz CT molecular complexity index is 479. The highest BCUT2D eigenvalue weighted by molar-refractivity contribution is 5.91. The maximum atomic E-state index is 12.0. The van der Waals surface area contributed by atoms with Crippen molar-refractivity contribution in [2.24, 2.45) is 0 Å². The molecule has 0 aliphatic heterocycles. The molecule has 1 aromatic rings. The van der Waals surface area contributed by atoms with E-state index in [1.54, 1.807) is 6.08 Å².